The molecule has 1 atom stereocenters. The van der Waals surface area contributed by atoms with Crippen LogP contribution in [0.1, 0.15) is 24.1 Å². The smallest absolute Gasteiger partial charge is 0.279 e. The number of piperidine rings is 1. The van der Waals surface area contributed by atoms with Crippen molar-refractivity contribution < 1.29 is 8.78 Å². The van der Waals surface area contributed by atoms with Crippen LogP contribution in [0.5, 0.6) is 0 Å². The molecule has 0 amide bonds. The number of hydrogen-bond acceptors (Lipinski definition) is 1. The van der Waals surface area contributed by atoms with Gasteiger partial charge in [-0.3, -0.25) is 0 Å². The highest BCUT2D eigenvalue weighted by molar-refractivity contribution is 5.85. The van der Waals surface area contributed by atoms with Gasteiger partial charge < -0.3 is 10.3 Å². The first-order valence-corrected chi connectivity index (χ1v) is 6.77. The molecule has 2 nitrogen and oxygen atoms in total. The first-order chi connectivity index (χ1) is 9.10. The number of alkyl halides is 2. The van der Waals surface area contributed by atoms with Crippen molar-refractivity contribution in [3.8, 4) is 0 Å². The van der Waals surface area contributed by atoms with Gasteiger partial charge in [-0.05, 0) is 32.4 Å². The molecular weight excluding hydrogens is 246 g/mol. The molecule has 3 rings (SSSR count). The normalized spacial score (nSPS) is 20.9. The van der Waals surface area contributed by atoms with Gasteiger partial charge in [0.05, 0.1) is 0 Å². The Morgan fingerprint density at radius 2 is 2.05 bits per heavy atom. The summed E-state index contributed by atoms with van der Waals surface area (Å²) in [5.74, 6) is -3.39. The van der Waals surface area contributed by atoms with E-state index in [1.54, 1.807) is 13.0 Å². The molecule has 1 aliphatic rings. The maximum absolute atomic E-state index is 14.8. The largest absolute Gasteiger partial charge is 0.358 e. The van der Waals surface area contributed by atoms with Crippen LogP contribution in [-0.2, 0) is 5.92 Å². The maximum atomic E-state index is 14.8. The van der Waals surface area contributed by atoms with Gasteiger partial charge >= 0.3 is 0 Å². The number of aromatic nitrogens is 1. The number of aryl methyl sites for hydroxylation is 1. The second-order valence-electron chi connectivity index (χ2n) is 5.34. The first-order valence-electron chi connectivity index (χ1n) is 6.77. The van der Waals surface area contributed by atoms with Crippen molar-refractivity contribution in [1.29, 1.82) is 0 Å². The third-order valence-corrected chi connectivity index (χ3v) is 4.04. The molecule has 0 spiro atoms. The number of fused-ring (bicyclic) bond motifs is 1. The van der Waals surface area contributed by atoms with Crippen LogP contribution in [-0.4, -0.2) is 18.1 Å². The number of hydrogen-bond donors (Lipinski definition) is 2. The second-order valence-corrected chi connectivity index (χ2v) is 5.34. The van der Waals surface area contributed by atoms with E-state index in [2.05, 4.69) is 10.3 Å². The topological polar surface area (TPSA) is 27.8 Å². The fraction of sp³-hybridized carbons (Fsp3) is 0.467. The summed E-state index contributed by atoms with van der Waals surface area (Å²) < 4.78 is 29.6. The van der Waals surface area contributed by atoms with Gasteiger partial charge in [0.2, 0.25) is 0 Å². The maximum Gasteiger partial charge on any atom is 0.279 e. The molecule has 19 heavy (non-hydrogen) atoms. The Balaban J connectivity index is 2.09. The van der Waals surface area contributed by atoms with Gasteiger partial charge in [-0.15, -0.1) is 0 Å². The Kier molecular flexibility index (Phi) is 3.05. The summed E-state index contributed by atoms with van der Waals surface area (Å²) in [6, 6.07) is 7.30. The van der Waals surface area contributed by atoms with Crippen molar-refractivity contribution in [2.45, 2.75) is 25.7 Å². The lowest BCUT2D eigenvalue weighted by molar-refractivity contribution is -0.0716. The highest BCUT2D eigenvalue weighted by Gasteiger charge is 2.44. The standard InChI is InChI=1S/C15H18F2N2/c1-10-14(12-6-2-3-7-13(12)19-10)15(16,17)11-5-4-8-18-9-11/h2-3,6-7,11,18-19H,4-5,8-9H2,1H3. The molecule has 0 bridgehead atoms. The molecule has 0 saturated carbocycles. The molecule has 1 unspecified atom stereocenters. The summed E-state index contributed by atoms with van der Waals surface area (Å²) in [5.41, 5.74) is 1.55. The Labute approximate surface area is 111 Å². The summed E-state index contributed by atoms with van der Waals surface area (Å²) in [7, 11) is 0. The predicted octanol–water partition coefficient (Wildman–Crippen LogP) is 3.57. The van der Waals surface area contributed by atoms with Crippen LogP contribution in [0.3, 0.4) is 0 Å². The number of benzene rings is 1. The zero-order chi connectivity index (χ0) is 13.5. The molecule has 4 heteroatoms. The Bertz CT molecular complexity index is 583. The van der Waals surface area contributed by atoms with Gasteiger partial charge in [-0.25, -0.2) is 8.78 Å². The van der Waals surface area contributed by atoms with Gasteiger partial charge in [0.1, 0.15) is 0 Å². The zero-order valence-electron chi connectivity index (χ0n) is 11.0. The minimum Gasteiger partial charge on any atom is -0.358 e. The highest BCUT2D eigenvalue weighted by Crippen LogP contribution is 2.43. The van der Waals surface area contributed by atoms with Crippen molar-refractivity contribution in [1.82, 2.24) is 10.3 Å². The van der Waals surface area contributed by atoms with E-state index in [1.165, 1.54) is 0 Å². The molecule has 1 aliphatic heterocycles. The predicted molar refractivity (Wildman–Crippen MR) is 72.5 cm³/mol. The fourth-order valence-corrected chi connectivity index (χ4v) is 3.07. The van der Waals surface area contributed by atoms with Gasteiger partial charge in [-0.2, -0.15) is 0 Å². The van der Waals surface area contributed by atoms with Gasteiger partial charge in [0.25, 0.3) is 5.92 Å². The highest BCUT2D eigenvalue weighted by atomic mass is 19.3. The number of para-hydroxylation sites is 1. The average Bonchev–Trinajstić information content (AvgIpc) is 2.76. The Morgan fingerprint density at radius 3 is 2.79 bits per heavy atom. The van der Waals surface area contributed by atoms with Crippen molar-refractivity contribution >= 4 is 10.9 Å². The minimum atomic E-state index is -2.78. The SMILES string of the molecule is Cc1[nH]c2ccccc2c1C(F)(F)C1CCCNC1. The number of H-pyrrole nitrogens is 1. The van der Waals surface area contributed by atoms with Crippen LogP contribution in [0.4, 0.5) is 8.78 Å². The zero-order valence-corrected chi connectivity index (χ0v) is 11.0. The summed E-state index contributed by atoms with van der Waals surface area (Å²) in [6.45, 7) is 2.98. The van der Waals surface area contributed by atoms with Crippen LogP contribution in [0.25, 0.3) is 10.9 Å². The van der Waals surface area contributed by atoms with Crippen molar-refractivity contribution in [2.75, 3.05) is 13.1 Å². The van der Waals surface area contributed by atoms with E-state index >= 15 is 0 Å². The van der Waals surface area contributed by atoms with Crippen LogP contribution >= 0.6 is 0 Å². The van der Waals surface area contributed by atoms with E-state index in [1.807, 2.05) is 18.2 Å². The lowest BCUT2D eigenvalue weighted by Crippen LogP contribution is -2.39. The van der Waals surface area contributed by atoms with Crippen LogP contribution in [0.15, 0.2) is 24.3 Å². The average molecular weight is 264 g/mol. The molecular formula is C15H18F2N2. The van der Waals surface area contributed by atoms with E-state index in [-0.39, 0.29) is 5.56 Å². The Hall–Kier alpha value is -1.42. The molecule has 1 aromatic heterocycles. The fourth-order valence-electron chi connectivity index (χ4n) is 3.07. The molecule has 0 radical (unpaired) electrons. The Morgan fingerprint density at radius 1 is 1.26 bits per heavy atom. The molecule has 2 N–H and O–H groups in total. The number of aromatic amines is 1. The number of nitrogens with one attached hydrogen (secondary N) is 2. The van der Waals surface area contributed by atoms with Crippen LogP contribution in [0, 0.1) is 12.8 Å². The molecule has 0 aliphatic carbocycles. The van der Waals surface area contributed by atoms with Gasteiger partial charge in [-0.1, -0.05) is 18.2 Å². The number of rotatable bonds is 2. The molecule has 1 fully saturated rings. The minimum absolute atomic E-state index is 0.178. The molecule has 2 aromatic rings. The summed E-state index contributed by atoms with van der Waals surface area (Å²) in [5, 5.41) is 3.73. The van der Waals surface area contributed by atoms with Gasteiger partial charge in [0.15, 0.2) is 0 Å². The molecule has 1 saturated heterocycles. The summed E-state index contributed by atoms with van der Waals surface area (Å²) in [6.07, 6.45) is 1.40. The third kappa shape index (κ3) is 2.04. The van der Waals surface area contributed by atoms with E-state index in [4.69, 9.17) is 0 Å². The molecule has 2 heterocycles. The van der Waals surface area contributed by atoms with Crippen molar-refractivity contribution in [3.05, 3.63) is 35.5 Å². The van der Waals surface area contributed by atoms with Crippen molar-refractivity contribution in [3.63, 3.8) is 0 Å². The monoisotopic (exact) mass is 264 g/mol. The van der Waals surface area contributed by atoms with Gasteiger partial charge in [0, 0.05) is 34.6 Å². The number of halogens is 2. The molecule has 102 valence electrons. The van der Waals surface area contributed by atoms with Crippen LogP contribution in [0.2, 0.25) is 0 Å². The van der Waals surface area contributed by atoms with E-state index in [0.29, 0.717) is 24.0 Å². The lowest BCUT2D eigenvalue weighted by atomic mass is 9.87. The summed E-state index contributed by atoms with van der Waals surface area (Å²) in [4.78, 5) is 3.07. The second kappa shape index (κ2) is 4.60. The van der Waals surface area contributed by atoms with E-state index < -0.39 is 11.8 Å². The third-order valence-electron chi connectivity index (χ3n) is 4.04. The van der Waals surface area contributed by atoms with Crippen LogP contribution < -0.4 is 5.32 Å². The van der Waals surface area contributed by atoms with E-state index in [0.717, 1.165) is 18.5 Å². The first kappa shape index (κ1) is 12.6. The van der Waals surface area contributed by atoms with E-state index in [9.17, 15) is 8.78 Å². The molecule has 1 aromatic carbocycles. The lowest BCUT2D eigenvalue weighted by Gasteiger charge is -2.31. The summed E-state index contributed by atoms with van der Waals surface area (Å²) >= 11 is 0. The quantitative estimate of drug-likeness (QED) is 0.852. The van der Waals surface area contributed by atoms with Crippen molar-refractivity contribution in [2.24, 2.45) is 5.92 Å².